The Labute approximate surface area is 252 Å². The molecule has 0 aliphatic carbocycles. The minimum atomic E-state index is 0. The lowest BCUT2D eigenvalue weighted by Gasteiger charge is -2.37. The maximum absolute atomic E-state index is 6.27. The zero-order valence-electron chi connectivity index (χ0n) is 22.2. The molecule has 2 aliphatic rings. The number of halogens is 2. The lowest BCUT2D eigenvalue weighted by atomic mass is 10.0. The fraction of sp³-hybridized carbons (Fsp3) is 0.467. The summed E-state index contributed by atoms with van der Waals surface area (Å²) >= 11 is 0. The Morgan fingerprint density at radius 3 is 1.31 bits per heavy atom. The Morgan fingerprint density at radius 1 is 0.611 bits per heavy atom. The van der Waals surface area contributed by atoms with Gasteiger partial charge in [0.15, 0.2) is 0 Å². The predicted octanol–water partition coefficient (Wildman–Crippen LogP) is -0.100. The summed E-state index contributed by atoms with van der Waals surface area (Å²) in [6.07, 6.45) is 13.1. The highest BCUT2D eigenvalue weighted by molar-refractivity contribution is 5.64. The first-order chi connectivity index (χ1) is 16.4. The number of hydrogen-bond donors (Lipinski definition) is 0. The zero-order valence-corrected chi connectivity index (χ0v) is 26.5. The van der Waals surface area contributed by atoms with E-state index in [0.717, 1.165) is 52.0 Å². The molecule has 0 aromatic heterocycles. The first-order valence-corrected chi connectivity index (χ1v) is 12.9. The molecule has 0 N–H and O–H groups in total. The van der Waals surface area contributed by atoms with E-state index in [9.17, 15) is 0 Å². The second-order valence-electron chi connectivity index (χ2n) is 10.4. The summed E-state index contributed by atoms with van der Waals surface area (Å²) < 4.78 is 1.36. The molecule has 2 aliphatic heterocycles. The number of likely N-dealkylation sites (N-methyl/N-ethyl adjacent to an activating group) is 2. The fourth-order valence-corrected chi connectivity index (χ4v) is 4.79. The van der Waals surface area contributed by atoms with Gasteiger partial charge in [-0.3, -0.25) is 0 Å². The molecule has 6 heteroatoms. The quantitative estimate of drug-likeness (QED) is 0.205. The van der Waals surface area contributed by atoms with Crippen molar-refractivity contribution in [3.8, 4) is 11.1 Å². The van der Waals surface area contributed by atoms with Gasteiger partial charge in [0.25, 0.3) is 0 Å². The Morgan fingerprint density at radius 2 is 0.972 bits per heavy atom. The molecule has 2 aromatic rings. The average Bonchev–Trinajstić information content (AvgIpc) is 2.84. The number of nitrogens with zero attached hydrogens (tertiary/aromatic N) is 2. The fourth-order valence-electron chi connectivity index (χ4n) is 4.79. The van der Waals surface area contributed by atoms with Crippen molar-refractivity contribution in [2.45, 2.75) is 51.6 Å². The lowest BCUT2D eigenvalue weighted by Crippen LogP contribution is -3.00. The average molecular weight is 716 g/mol. The highest BCUT2D eigenvalue weighted by Crippen LogP contribution is 2.23. The molecule has 0 bridgehead atoms. The largest absolute Gasteiger partial charge is 1.00 e. The summed E-state index contributed by atoms with van der Waals surface area (Å²) in [7, 11) is 4.39. The van der Waals surface area contributed by atoms with Crippen molar-refractivity contribution in [1.29, 1.82) is 0 Å². The van der Waals surface area contributed by atoms with Gasteiger partial charge in [-0.05, 0) is 48.3 Å². The summed E-state index contributed by atoms with van der Waals surface area (Å²) in [4.78, 5) is 12.5. The van der Waals surface area contributed by atoms with Gasteiger partial charge in [0, 0.05) is 25.7 Å². The first kappa shape index (κ1) is 31.4. The van der Waals surface area contributed by atoms with Gasteiger partial charge in [-0.15, -0.1) is 0 Å². The third-order valence-electron chi connectivity index (χ3n) is 7.88. The summed E-state index contributed by atoms with van der Waals surface area (Å²) in [6.45, 7) is 7.94. The van der Waals surface area contributed by atoms with Crippen molar-refractivity contribution >= 4 is 0 Å². The van der Waals surface area contributed by atoms with E-state index in [1.54, 1.807) is 0 Å². The smallest absolute Gasteiger partial charge is 0.127 e. The molecule has 0 spiro atoms. The normalized spacial score (nSPS) is 27.2. The van der Waals surface area contributed by atoms with Gasteiger partial charge in [-0.1, -0.05) is 60.7 Å². The molecule has 0 saturated carbocycles. The summed E-state index contributed by atoms with van der Waals surface area (Å²) in [5.74, 6) is 0. The van der Waals surface area contributed by atoms with E-state index in [1.165, 1.54) is 22.3 Å². The predicted molar refractivity (Wildman–Crippen MR) is 140 cm³/mol. The number of hydrogen-bond acceptors (Lipinski definition) is 2. The monoisotopic (exact) mass is 716 g/mol. The van der Waals surface area contributed by atoms with E-state index in [0.29, 0.717) is 21.4 Å². The van der Waals surface area contributed by atoms with Crippen molar-refractivity contribution in [2.75, 3.05) is 40.4 Å². The van der Waals surface area contributed by atoms with Crippen molar-refractivity contribution in [1.82, 2.24) is 0 Å². The van der Waals surface area contributed by atoms with Gasteiger partial charge in [0.1, 0.15) is 38.4 Å². The minimum Gasteiger partial charge on any atom is -1.00 e. The van der Waals surface area contributed by atoms with Crippen LogP contribution in [0.5, 0.6) is 0 Å². The van der Waals surface area contributed by atoms with E-state index in [-0.39, 0.29) is 48.0 Å². The molecule has 0 fully saturated rings. The maximum atomic E-state index is 6.27. The Balaban J connectivity index is 0.00000228. The standard InChI is InChI=1S/C30H42N2O2.2HI/c1-25-9-5-7-21-31(25,3)33-23-19-27-11-15-29(16-12-27)30-17-13-28(14-18-30)20-24-34-32(4)22-8-6-10-26(32)2;;/h5-8,11-18,25-26H,9-10,19-24H2,1-4H3;2*1H/q+2;;/p-2. The molecule has 0 radical (unpaired) electrons. The van der Waals surface area contributed by atoms with Crippen LogP contribution in [-0.4, -0.2) is 61.8 Å². The van der Waals surface area contributed by atoms with Gasteiger partial charge >= 0.3 is 0 Å². The van der Waals surface area contributed by atoms with Gasteiger partial charge in [-0.25, -0.2) is 9.68 Å². The molecule has 2 heterocycles. The van der Waals surface area contributed by atoms with Crippen LogP contribution in [0.25, 0.3) is 11.1 Å². The highest BCUT2D eigenvalue weighted by Gasteiger charge is 2.32. The van der Waals surface area contributed by atoms with Crippen LogP contribution in [0.3, 0.4) is 0 Å². The topological polar surface area (TPSA) is 18.5 Å². The van der Waals surface area contributed by atoms with Gasteiger partial charge in [-0.2, -0.15) is 9.29 Å². The molecular weight excluding hydrogens is 674 g/mol. The third kappa shape index (κ3) is 8.11. The maximum Gasteiger partial charge on any atom is 0.127 e. The number of rotatable bonds is 9. The van der Waals surface area contributed by atoms with Gasteiger partial charge in [0.05, 0.1) is 14.1 Å². The molecule has 36 heavy (non-hydrogen) atoms. The SMILES string of the molecule is CC1CC=CC[N+]1(C)OCCc1ccc(-c2ccc(CCO[N+]3(C)CC=CCC3C)cc2)cc1.[I-].[I-]. The van der Waals surface area contributed by atoms with Crippen LogP contribution in [0, 0.1) is 0 Å². The van der Waals surface area contributed by atoms with E-state index in [2.05, 4.69) is 101 Å². The Bertz CT molecular complexity index is 912. The summed E-state index contributed by atoms with van der Waals surface area (Å²) in [5, 5.41) is 0. The van der Waals surface area contributed by atoms with Crippen LogP contribution in [0.15, 0.2) is 72.8 Å². The molecule has 4 atom stereocenters. The van der Waals surface area contributed by atoms with Crippen LogP contribution < -0.4 is 48.0 Å². The molecular formula is C30H42I2N2O2. The van der Waals surface area contributed by atoms with Gasteiger partial charge in [0.2, 0.25) is 0 Å². The molecule has 4 nitrogen and oxygen atoms in total. The molecule has 0 amide bonds. The van der Waals surface area contributed by atoms with Crippen LogP contribution in [0.4, 0.5) is 0 Å². The Hall–Kier alpha value is -0.780. The number of quaternary nitrogens is 2. The molecule has 198 valence electrons. The molecule has 4 rings (SSSR count). The van der Waals surface area contributed by atoms with E-state index >= 15 is 0 Å². The van der Waals surface area contributed by atoms with Crippen molar-refractivity contribution in [3.63, 3.8) is 0 Å². The minimum absolute atomic E-state index is 0. The van der Waals surface area contributed by atoms with Crippen LogP contribution in [0.2, 0.25) is 0 Å². The first-order valence-electron chi connectivity index (χ1n) is 12.9. The van der Waals surface area contributed by atoms with E-state index in [1.807, 2.05) is 0 Å². The van der Waals surface area contributed by atoms with Crippen LogP contribution in [-0.2, 0) is 22.5 Å². The second-order valence-corrected chi connectivity index (χ2v) is 10.4. The van der Waals surface area contributed by atoms with Crippen LogP contribution >= 0.6 is 0 Å². The summed E-state index contributed by atoms with van der Waals surface area (Å²) in [6, 6.07) is 18.9. The van der Waals surface area contributed by atoms with Crippen molar-refractivity contribution in [3.05, 3.63) is 84.0 Å². The number of hydroxylamine groups is 6. The molecule has 4 unspecified atom stereocenters. The van der Waals surface area contributed by atoms with Gasteiger partial charge < -0.3 is 48.0 Å². The third-order valence-corrected chi connectivity index (χ3v) is 7.88. The van der Waals surface area contributed by atoms with E-state index in [4.69, 9.17) is 9.68 Å². The van der Waals surface area contributed by atoms with Crippen molar-refractivity contribution < 1.29 is 66.9 Å². The zero-order chi connectivity index (χ0) is 24.0. The lowest BCUT2D eigenvalue weighted by molar-refractivity contribution is -1.10. The van der Waals surface area contributed by atoms with E-state index < -0.39 is 0 Å². The number of benzene rings is 2. The highest BCUT2D eigenvalue weighted by atomic mass is 127. The second kappa shape index (κ2) is 14.4. The molecule has 2 aromatic carbocycles. The summed E-state index contributed by atoms with van der Waals surface area (Å²) in [5.41, 5.74) is 5.16. The Kier molecular flexibility index (Phi) is 12.6. The van der Waals surface area contributed by atoms with Crippen molar-refractivity contribution in [2.24, 2.45) is 0 Å². The molecule has 0 saturated heterocycles. The van der Waals surface area contributed by atoms with Crippen LogP contribution in [0.1, 0.15) is 37.8 Å².